The smallest absolute Gasteiger partial charge is 0.253 e. The topological polar surface area (TPSA) is 55.1 Å². The molecule has 0 aliphatic rings. The van der Waals surface area contributed by atoms with E-state index in [1.165, 1.54) is 12.1 Å². The van der Waals surface area contributed by atoms with Gasteiger partial charge in [-0.15, -0.1) is 0 Å². The molecule has 0 saturated carbocycles. The highest BCUT2D eigenvalue weighted by molar-refractivity contribution is 7.98. The Hall–Kier alpha value is -1.23. The zero-order valence-corrected chi connectivity index (χ0v) is 10.8. The van der Waals surface area contributed by atoms with Crippen LogP contribution in [0.25, 0.3) is 0 Å². The SMILES string of the molecule is CSCC(C)CNC(=O)c1ccc(F)cc1N. The molecule has 5 heteroatoms. The van der Waals surface area contributed by atoms with Crippen LogP contribution in [0.5, 0.6) is 0 Å². The van der Waals surface area contributed by atoms with Gasteiger partial charge in [-0.1, -0.05) is 6.92 Å². The first-order chi connectivity index (χ1) is 8.04. The highest BCUT2D eigenvalue weighted by Crippen LogP contribution is 2.13. The lowest BCUT2D eigenvalue weighted by atomic mass is 10.1. The Morgan fingerprint density at radius 2 is 2.29 bits per heavy atom. The number of benzene rings is 1. The molecule has 1 aromatic carbocycles. The number of nitrogen functional groups attached to an aromatic ring is 1. The second kappa shape index (κ2) is 6.49. The second-order valence-electron chi connectivity index (χ2n) is 4.00. The van der Waals surface area contributed by atoms with Gasteiger partial charge in [-0.25, -0.2) is 4.39 Å². The Labute approximate surface area is 105 Å². The zero-order chi connectivity index (χ0) is 12.8. The number of carbonyl (C=O) groups is 1. The van der Waals surface area contributed by atoms with E-state index in [2.05, 4.69) is 12.2 Å². The summed E-state index contributed by atoms with van der Waals surface area (Å²) in [6, 6.07) is 3.79. The third kappa shape index (κ3) is 4.26. The Morgan fingerprint density at radius 3 is 2.88 bits per heavy atom. The fraction of sp³-hybridized carbons (Fsp3) is 0.417. The van der Waals surface area contributed by atoms with Crippen molar-refractivity contribution in [3.63, 3.8) is 0 Å². The molecule has 0 heterocycles. The van der Waals surface area contributed by atoms with E-state index in [9.17, 15) is 9.18 Å². The monoisotopic (exact) mass is 256 g/mol. The maximum absolute atomic E-state index is 12.8. The molecule has 0 fully saturated rings. The predicted molar refractivity (Wildman–Crippen MR) is 70.7 cm³/mol. The van der Waals surface area contributed by atoms with Gasteiger partial charge in [0.05, 0.1) is 5.56 Å². The molecule has 0 saturated heterocycles. The Morgan fingerprint density at radius 1 is 1.59 bits per heavy atom. The normalized spacial score (nSPS) is 12.2. The van der Waals surface area contributed by atoms with Crippen molar-refractivity contribution in [3.8, 4) is 0 Å². The number of anilines is 1. The lowest BCUT2D eigenvalue weighted by Gasteiger charge is -2.12. The molecule has 0 aromatic heterocycles. The summed E-state index contributed by atoms with van der Waals surface area (Å²) in [6.45, 7) is 2.65. The van der Waals surface area contributed by atoms with E-state index in [4.69, 9.17) is 5.73 Å². The van der Waals surface area contributed by atoms with Crippen molar-refractivity contribution in [1.82, 2.24) is 5.32 Å². The number of hydrogen-bond donors (Lipinski definition) is 2. The van der Waals surface area contributed by atoms with E-state index in [1.54, 1.807) is 11.8 Å². The quantitative estimate of drug-likeness (QED) is 0.794. The van der Waals surface area contributed by atoms with E-state index >= 15 is 0 Å². The van der Waals surface area contributed by atoms with E-state index < -0.39 is 5.82 Å². The van der Waals surface area contributed by atoms with Crippen LogP contribution in [-0.2, 0) is 0 Å². The fourth-order valence-electron chi connectivity index (χ4n) is 1.45. The maximum atomic E-state index is 12.8. The Kier molecular flexibility index (Phi) is 5.28. The number of halogens is 1. The van der Waals surface area contributed by atoms with Crippen molar-refractivity contribution >= 4 is 23.4 Å². The number of amides is 1. The van der Waals surface area contributed by atoms with E-state index in [-0.39, 0.29) is 11.6 Å². The van der Waals surface area contributed by atoms with Gasteiger partial charge in [-0.3, -0.25) is 4.79 Å². The molecule has 3 N–H and O–H groups in total. The number of nitrogens with one attached hydrogen (secondary N) is 1. The average Bonchev–Trinajstić information content (AvgIpc) is 2.26. The van der Waals surface area contributed by atoms with Crippen LogP contribution in [-0.4, -0.2) is 24.5 Å². The van der Waals surface area contributed by atoms with Crippen molar-refractivity contribution in [2.45, 2.75) is 6.92 Å². The largest absolute Gasteiger partial charge is 0.398 e. The van der Waals surface area contributed by atoms with Crippen molar-refractivity contribution < 1.29 is 9.18 Å². The van der Waals surface area contributed by atoms with Gasteiger partial charge in [0.15, 0.2) is 0 Å². The molecule has 1 amide bonds. The van der Waals surface area contributed by atoms with Gasteiger partial charge < -0.3 is 11.1 Å². The molecular formula is C12H17FN2OS. The average molecular weight is 256 g/mol. The summed E-state index contributed by atoms with van der Waals surface area (Å²) in [5.41, 5.74) is 6.07. The molecule has 0 spiro atoms. The molecule has 0 aliphatic heterocycles. The summed E-state index contributed by atoms with van der Waals surface area (Å²) in [4.78, 5) is 11.8. The van der Waals surface area contributed by atoms with Crippen LogP contribution in [0.15, 0.2) is 18.2 Å². The molecule has 1 atom stereocenters. The van der Waals surface area contributed by atoms with E-state index in [0.717, 1.165) is 11.8 Å². The number of thioether (sulfide) groups is 1. The highest BCUT2D eigenvalue weighted by Gasteiger charge is 2.11. The molecule has 94 valence electrons. The van der Waals surface area contributed by atoms with Crippen LogP contribution in [0.2, 0.25) is 0 Å². The van der Waals surface area contributed by atoms with E-state index in [1.807, 2.05) is 6.26 Å². The van der Waals surface area contributed by atoms with Crippen LogP contribution < -0.4 is 11.1 Å². The number of hydrogen-bond acceptors (Lipinski definition) is 3. The summed E-state index contributed by atoms with van der Waals surface area (Å²) in [6.07, 6.45) is 2.02. The number of rotatable bonds is 5. The standard InChI is InChI=1S/C12H17FN2OS/c1-8(7-17-2)6-15-12(16)10-4-3-9(13)5-11(10)14/h3-5,8H,6-7,14H2,1-2H3,(H,15,16). The minimum absolute atomic E-state index is 0.167. The molecule has 0 radical (unpaired) electrons. The van der Waals surface area contributed by atoms with Crippen LogP contribution in [0.4, 0.5) is 10.1 Å². The molecule has 1 rings (SSSR count). The minimum Gasteiger partial charge on any atom is -0.398 e. The number of carbonyl (C=O) groups excluding carboxylic acids is 1. The first kappa shape index (κ1) is 13.8. The van der Waals surface area contributed by atoms with E-state index in [0.29, 0.717) is 18.0 Å². The lowest BCUT2D eigenvalue weighted by Crippen LogP contribution is -2.29. The van der Waals surface area contributed by atoms with Gasteiger partial charge >= 0.3 is 0 Å². The van der Waals surface area contributed by atoms with Gasteiger partial charge in [0.2, 0.25) is 0 Å². The third-order valence-electron chi connectivity index (χ3n) is 2.32. The minimum atomic E-state index is -0.435. The van der Waals surface area contributed by atoms with Crippen molar-refractivity contribution in [2.24, 2.45) is 5.92 Å². The molecule has 0 bridgehead atoms. The Bertz CT molecular complexity index is 398. The maximum Gasteiger partial charge on any atom is 0.253 e. The van der Waals surface area contributed by atoms with Crippen molar-refractivity contribution in [1.29, 1.82) is 0 Å². The van der Waals surface area contributed by atoms with Crippen LogP contribution in [0, 0.1) is 11.7 Å². The van der Waals surface area contributed by atoms with Crippen molar-refractivity contribution in [3.05, 3.63) is 29.6 Å². The molecular weight excluding hydrogens is 239 g/mol. The molecule has 1 unspecified atom stereocenters. The van der Waals surface area contributed by atoms with Gasteiger partial charge in [-0.05, 0) is 36.1 Å². The first-order valence-electron chi connectivity index (χ1n) is 5.36. The molecule has 3 nitrogen and oxygen atoms in total. The highest BCUT2D eigenvalue weighted by atomic mass is 32.2. The lowest BCUT2D eigenvalue weighted by molar-refractivity contribution is 0.0950. The summed E-state index contributed by atoms with van der Waals surface area (Å²) in [5, 5.41) is 2.79. The first-order valence-corrected chi connectivity index (χ1v) is 6.76. The molecule has 0 aliphatic carbocycles. The van der Waals surface area contributed by atoms with Crippen molar-refractivity contribution in [2.75, 3.05) is 24.3 Å². The van der Waals surface area contributed by atoms with Crippen LogP contribution in [0.1, 0.15) is 17.3 Å². The summed E-state index contributed by atoms with van der Waals surface area (Å²) < 4.78 is 12.8. The van der Waals surface area contributed by atoms with Gasteiger partial charge in [-0.2, -0.15) is 11.8 Å². The van der Waals surface area contributed by atoms with Gasteiger partial charge in [0, 0.05) is 12.2 Å². The second-order valence-corrected chi connectivity index (χ2v) is 4.91. The zero-order valence-electron chi connectivity index (χ0n) is 10.00. The molecule has 1 aromatic rings. The third-order valence-corrected chi connectivity index (χ3v) is 3.22. The fourth-order valence-corrected chi connectivity index (χ4v) is 2.13. The summed E-state index contributed by atoms with van der Waals surface area (Å²) in [7, 11) is 0. The summed E-state index contributed by atoms with van der Waals surface area (Å²) >= 11 is 1.74. The number of nitrogens with two attached hydrogens (primary N) is 1. The predicted octanol–water partition coefficient (Wildman–Crippen LogP) is 2.14. The van der Waals surface area contributed by atoms with Gasteiger partial charge in [0.25, 0.3) is 5.91 Å². The van der Waals surface area contributed by atoms with Crippen LogP contribution in [0.3, 0.4) is 0 Å². The van der Waals surface area contributed by atoms with Crippen LogP contribution >= 0.6 is 11.8 Å². The molecule has 17 heavy (non-hydrogen) atoms. The summed E-state index contributed by atoms with van der Waals surface area (Å²) in [5.74, 6) is 0.694. The van der Waals surface area contributed by atoms with Gasteiger partial charge in [0.1, 0.15) is 5.82 Å². The Balaban J connectivity index is 2.58.